The molecule has 126 valence electrons. The third-order valence-electron chi connectivity index (χ3n) is 4.24. The van der Waals surface area contributed by atoms with Crippen LogP contribution in [0.2, 0.25) is 0 Å². The van der Waals surface area contributed by atoms with Crippen LogP contribution in [0, 0.1) is 0 Å². The molecule has 0 aromatic heterocycles. The molecule has 2 heterocycles. The molecule has 23 heavy (non-hydrogen) atoms. The van der Waals surface area contributed by atoms with Gasteiger partial charge in [-0.2, -0.15) is 4.31 Å². The largest absolute Gasteiger partial charge is 0.384 e. The van der Waals surface area contributed by atoms with E-state index in [2.05, 4.69) is 0 Å². The van der Waals surface area contributed by atoms with E-state index >= 15 is 0 Å². The Morgan fingerprint density at radius 1 is 1.17 bits per heavy atom. The molecular formula is C15H20N2O5S. The van der Waals surface area contributed by atoms with Crippen molar-refractivity contribution in [2.24, 2.45) is 0 Å². The third kappa shape index (κ3) is 3.12. The number of hydrogen-bond acceptors (Lipinski definition) is 5. The van der Waals surface area contributed by atoms with Crippen molar-refractivity contribution in [2.45, 2.75) is 31.1 Å². The van der Waals surface area contributed by atoms with Gasteiger partial charge >= 0.3 is 0 Å². The third-order valence-corrected chi connectivity index (χ3v) is 6.13. The van der Waals surface area contributed by atoms with Crippen LogP contribution < -0.4 is 0 Å². The van der Waals surface area contributed by atoms with Crippen molar-refractivity contribution in [1.29, 1.82) is 0 Å². The number of carbonyl (C=O) groups is 1. The zero-order chi connectivity index (χ0) is 16.6. The SMILES string of the molecule is CC(O)C(=O)N1CCN(S(=O)(=O)c2ccc3c(c2)COC3)CC1. The van der Waals surface area contributed by atoms with E-state index in [4.69, 9.17) is 4.74 Å². The second-order valence-corrected chi connectivity index (χ2v) is 7.77. The molecule has 0 aliphatic carbocycles. The lowest BCUT2D eigenvalue weighted by Gasteiger charge is -2.34. The molecule has 3 rings (SSSR count). The smallest absolute Gasteiger partial charge is 0.251 e. The molecule has 0 bridgehead atoms. The summed E-state index contributed by atoms with van der Waals surface area (Å²) >= 11 is 0. The predicted molar refractivity (Wildman–Crippen MR) is 82.0 cm³/mol. The Kier molecular flexibility index (Phi) is 4.41. The molecule has 1 atom stereocenters. The first-order valence-electron chi connectivity index (χ1n) is 7.56. The van der Waals surface area contributed by atoms with Crippen LogP contribution in [-0.2, 0) is 32.8 Å². The topological polar surface area (TPSA) is 87.2 Å². The molecule has 1 unspecified atom stereocenters. The first-order valence-corrected chi connectivity index (χ1v) is 9.00. The molecular weight excluding hydrogens is 320 g/mol. The van der Waals surface area contributed by atoms with Crippen LogP contribution in [-0.4, -0.2) is 60.9 Å². The number of rotatable bonds is 3. The average Bonchev–Trinajstić information content (AvgIpc) is 3.01. The highest BCUT2D eigenvalue weighted by molar-refractivity contribution is 7.89. The highest BCUT2D eigenvalue weighted by Gasteiger charge is 2.31. The molecule has 7 nitrogen and oxygen atoms in total. The van der Waals surface area contributed by atoms with Crippen LogP contribution in [0.25, 0.3) is 0 Å². The summed E-state index contributed by atoms with van der Waals surface area (Å²) in [4.78, 5) is 13.5. The molecule has 1 fully saturated rings. The van der Waals surface area contributed by atoms with E-state index in [0.717, 1.165) is 11.1 Å². The Morgan fingerprint density at radius 2 is 1.83 bits per heavy atom. The van der Waals surface area contributed by atoms with Gasteiger partial charge in [-0.15, -0.1) is 0 Å². The van der Waals surface area contributed by atoms with Crippen LogP contribution in [0.3, 0.4) is 0 Å². The lowest BCUT2D eigenvalue weighted by molar-refractivity contribution is -0.140. The van der Waals surface area contributed by atoms with E-state index in [1.54, 1.807) is 18.2 Å². The number of ether oxygens (including phenoxy) is 1. The normalized spacial score (nSPS) is 20.3. The van der Waals surface area contributed by atoms with Gasteiger partial charge in [0.25, 0.3) is 5.91 Å². The standard InChI is InChI=1S/C15H20N2O5S/c1-11(18)15(19)16-4-6-17(7-5-16)23(20,21)14-3-2-12-9-22-10-13(12)8-14/h2-3,8,11,18H,4-7,9-10H2,1H3. The summed E-state index contributed by atoms with van der Waals surface area (Å²) in [5, 5.41) is 9.33. The van der Waals surface area contributed by atoms with Crippen molar-refractivity contribution in [3.05, 3.63) is 29.3 Å². The maximum absolute atomic E-state index is 12.7. The summed E-state index contributed by atoms with van der Waals surface area (Å²) in [6.45, 7) is 3.42. The number of aliphatic hydroxyl groups is 1. The molecule has 0 radical (unpaired) electrons. The molecule has 2 aliphatic heterocycles. The maximum Gasteiger partial charge on any atom is 0.251 e. The summed E-state index contributed by atoms with van der Waals surface area (Å²) in [7, 11) is -3.58. The summed E-state index contributed by atoms with van der Waals surface area (Å²) in [6, 6.07) is 5.07. The summed E-state index contributed by atoms with van der Waals surface area (Å²) in [6.07, 6.45) is -1.06. The van der Waals surface area contributed by atoms with Gasteiger partial charge in [0.15, 0.2) is 0 Å². The number of carbonyl (C=O) groups excluding carboxylic acids is 1. The van der Waals surface area contributed by atoms with Crippen LogP contribution in [0.1, 0.15) is 18.1 Å². The van der Waals surface area contributed by atoms with Gasteiger partial charge in [-0.05, 0) is 30.2 Å². The van der Waals surface area contributed by atoms with Gasteiger partial charge in [-0.25, -0.2) is 8.42 Å². The minimum absolute atomic E-state index is 0.231. The summed E-state index contributed by atoms with van der Waals surface area (Å²) in [5.41, 5.74) is 1.94. The van der Waals surface area contributed by atoms with Crippen molar-refractivity contribution in [3.8, 4) is 0 Å². The van der Waals surface area contributed by atoms with Crippen LogP contribution >= 0.6 is 0 Å². The molecule has 0 saturated carbocycles. The van der Waals surface area contributed by atoms with Gasteiger partial charge < -0.3 is 14.7 Å². The lowest BCUT2D eigenvalue weighted by Crippen LogP contribution is -2.52. The monoisotopic (exact) mass is 340 g/mol. The van der Waals surface area contributed by atoms with E-state index in [-0.39, 0.29) is 37.0 Å². The number of sulfonamides is 1. The maximum atomic E-state index is 12.7. The fourth-order valence-electron chi connectivity index (χ4n) is 2.87. The Labute approximate surface area is 135 Å². The molecule has 8 heteroatoms. The quantitative estimate of drug-likeness (QED) is 0.832. The van der Waals surface area contributed by atoms with Crippen molar-refractivity contribution in [2.75, 3.05) is 26.2 Å². The summed E-state index contributed by atoms with van der Waals surface area (Å²) in [5.74, 6) is -0.364. The van der Waals surface area contributed by atoms with Crippen molar-refractivity contribution >= 4 is 15.9 Å². The second kappa shape index (κ2) is 6.20. The molecule has 1 aromatic rings. The van der Waals surface area contributed by atoms with Gasteiger partial charge in [0, 0.05) is 26.2 Å². The number of piperazine rings is 1. The Morgan fingerprint density at radius 3 is 2.48 bits per heavy atom. The number of benzene rings is 1. The van der Waals surface area contributed by atoms with Crippen LogP contribution in [0.15, 0.2) is 23.1 Å². The molecule has 1 N–H and O–H groups in total. The second-order valence-electron chi connectivity index (χ2n) is 5.83. The first-order chi connectivity index (χ1) is 10.9. The molecule has 1 aromatic carbocycles. The van der Waals surface area contributed by atoms with Crippen molar-refractivity contribution in [3.63, 3.8) is 0 Å². The number of amides is 1. The first kappa shape index (κ1) is 16.4. The zero-order valence-corrected chi connectivity index (χ0v) is 13.8. The fourth-order valence-corrected chi connectivity index (χ4v) is 4.34. The van der Waals surface area contributed by atoms with Gasteiger partial charge in [0.2, 0.25) is 10.0 Å². The predicted octanol–water partition coefficient (Wildman–Crippen LogP) is -0.0695. The van der Waals surface area contributed by atoms with Crippen molar-refractivity contribution in [1.82, 2.24) is 9.21 Å². The van der Waals surface area contributed by atoms with E-state index in [0.29, 0.717) is 13.2 Å². The van der Waals surface area contributed by atoms with Gasteiger partial charge in [0.05, 0.1) is 18.1 Å². The number of fused-ring (bicyclic) bond motifs is 1. The van der Waals surface area contributed by atoms with Gasteiger partial charge in [-0.3, -0.25) is 4.79 Å². The Bertz CT molecular complexity index is 709. The number of nitrogens with zero attached hydrogens (tertiary/aromatic N) is 2. The Hall–Kier alpha value is -1.48. The fraction of sp³-hybridized carbons (Fsp3) is 0.533. The lowest BCUT2D eigenvalue weighted by atomic mass is 10.1. The van der Waals surface area contributed by atoms with Crippen molar-refractivity contribution < 1.29 is 23.1 Å². The van der Waals surface area contributed by atoms with Crippen LogP contribution in [0.4, 0.5) is 0 Å². The number of hydrogen-bond donors (Lipinski definition) is 1. The minimum atomic E-state index is -3.58. The summed E-state index contributed by atoms with van der Waals surface area (Å²) < 4.78 is 32.2. The number of aliphatic hydroxyl groups excluding tert-OH is 1. The van der Waals surface area contributed by atoms with E-state index in [9.17, 15) is 18.3 Å². The van der Waals surface area contributed by atoms with Gasteiger partial charge in [0.1, 0.15) is 6.10 Å². The van der Waals surface area contributed by atoms with E-state index in [1.165, 1.54) is 16.1 Å². The highest BCUT2D eigenvalue weighted by atomic mass is 32.2. The molecule has 2 aliphatic rings. The molecule has 0 spiro atoms. The van der Waals surface area contributed by atoms with Gasteiger partial charge in [-0.1, -0.05) is 6.07 Å². The zero-order valence-electron chi connectivity index (χ0n) is 12.9. The van der Waals surface area contributed by atoms with E-state index < -0.39 is 16.1 Å². The Balaban J connectivity index is 1.73. The minimum Gasteiger partial charge on any atom is -0.384 e. The average molecular weight is 340 g/mol. The van der Waals surface area contributed by atoms with Crippen LogP contribution in [0.5, 0.6) is 0 Å². The molecule has 1 saturated heterocycles. The van der Waals surface area contributed by atoms with E-state index in [1.807, 2.05) is 0 Å². The highest BCUT2D eigenvalue weighted by Crippen LogP contribution is 2.25. The molecule has 1 amide bonds.